The first kappa shape index (κ1) is 13.7. The smallest absolute Gasteiger partial charge is 0.375 e. The molecule has 0 radical (unpaired) electrons. The first-order valence-electron chi connectivity index (χ1n) is 5.84. The van der Waals surface area contributed by atoms with Gasteiger partial charge in [-0.1, -0.05) is 13.8 Å². The molecule has 1 aromatic heterocycles. The van der Waals surface area contributed by atoms with Crippen LogP contribution in [-0.2, 0) is 0 Å². The molecule has 0 amide bonds. The average molecular weight is 274 g/mol. The average Bonchev–Trinajstić information content (AvgIpc) is 2.83. The number of nitriles is 1. The van der Waals surface area contributed by atoms with Crippen LogP contribution < -0.4 is 0 Å². The van der Waals surface area contributed by atoms with Crippen molar-refractivity contribution in [1.29, 1.82) is 5.26 Å². The van der Waals surface area contributed by atoms with Gasteiger partial charge in [0.2, 0.25) is 0 Å². The summed E-state index contributed by atoms with van der Waals surface area (Å²) in [6.45, 7) is 3.60. The third-order valence-electron chi connectivity index (χ3n) is 2.64. The third kappa shape index (κ3) is 2.36. The molecule has 0 fully saturated rings. The second-order valence-corrected chi connectivity index (χ2v) is 4.44. The van der Waals surface area contributed by atoms with Crippen molar-refractivity contribution in [3.63, 3.8) is 0 Å². The quantitative estimate of drug-likeness (QED) is 0.925. The van der Waals surface area contributed by atoms with Gasteiger partial charge in [0.15, 0.2) is 0 Å². The molecule has 102 valence electrons. The van der Waals surface area contributed by atoms with Crippen molar-refractivity contribution in [3.8, 4) is 11.8 Å². The van der Waals surface area contributed by atoms with E-state index in [9.17, 15) is 9.18 Å². The molecule has 2 aromatic rings. The van der Waals surface area contributed by atoms with Gasteiger partial charge in [0.05, 0.1) is 11.6 Å². The predicted molar refractivity (Wildman–Crippen MR) is 67.1 cm³/mol. The van der Waals surface area contributed by atoms with E-state index in [4.69, 9.17) is 10.4 Å². The minimum atomic E-state index is -1.28. The number of halogens is 1. The molecule has 0 aliphatic rings. The van der Waals surface area contributed by atoms with Crippen molar-refractivity contribution in [1.82, 2.24) is 14.8 Å². The molecule has 0 spiro atoms. The standard InChI is InChI=1S/C13H11FN4O2/c1-7(2)12-16-11(13(19)20)17-18(12)10-4-3-8(6-15)5-9(10)14/h3-5,7H,1-2H3,(H,19,20). The fourth-order valence-electron chi connectivity index (χ4n) is 1.71. The summed E-state index contributed by atoms with van der Waals surface area (Å²) in [5.41, 5.74) is 0.239. The van der Waals surface area contributed by atoms with Crippen LogP contribution in [0.3, 0.4) is 0 Å². The molecule has 0 saturated carbocycles. The molecule has 1 N–H and O–H groups in total. The van der Waals surface area contributed by atoms with Crippen LogP contribution >= 0.6 is 0 Å². The van der Waals surface area contributed by atoms with Crippen LogP contribution in [-0.4, -0.2) is 25.8 Å². The van der Waals surface area contributed by atoms with Gasteiger partial charge in [-0.25, -0.2) is 18.9 Å². The number of carboxylic acid groups (broad SMARTS) is 1. The first-order valence-corrected chi connectivity index (χ1v) is 5.84. The molecule has 2 rings (SSSR count). The zero-order valence-corrected chi connectivity index (χ0v) is 10.8. The van der Waals surface area contributed by atoms with E-state index in [1.165, 1.54) is 12.1 Å². The Morgan fingerprint density at radius 2 is 2.20 bits per heavy atom. The zero-order chi connectivity index (χ0) is 14.9. The second kappa shape index (κ2) is 5.09. The van der Waals surface area contributed by atoms with Gasteiger partial charge in [0.25, 0.3) is 5.82 Å². The number of rotatable bonds is 3. The van der Waals surface area contributed by atoms with Crippen molar-refractivity contribution in [3.05, 3.63) is 41.2 Å². The van der Waals surface area contributed by atoms with Gasteiger partial charge >= 0.3 is 5.97 Å². The van der Waals surface area contributed by atoms with E-state index in [0.29, 0.717) is 5.82 Å². The molecule has 0 aliphatic heterocycles. The summed E-state index contributed by atoms with van der Waals surface area (Å²) in [7, 11) is 0. The summed E-state index contributed by atoms with van der Waals surface area (Å²) in [4.78, 5) is 14.8. The summed E-state index contributed by atoms with van der Waals surface area (Å²) in [6, 6.07) is 5.71. The van der Waals surface area contributed by atoms with Gasteiger partial charge in [0.1, 0.15) is 17.3 Å². The van der Waals surface area contributed by atoms with E-state index < -0.39 is 17.6 Å². The minimum absolute atomic E-state index is 0.0627. The molecule has 7 heteroatoms. The normalized spacial score (nSPS) is 10.6. The van der Waals surface area contributed by atoms with Crippen LogP contribution in [0, 0.1) is 17.1 Å². The Morgan fingerprint density at radius 3 is 2.70 bits per heavy atom. The molecule has 20 heavy (non-hydrogen) atoms. The largest absolute Gasteiger partial charge is 0.475 e. The van der Waals surface area contributed by atoms with Crippen LogP contribution in [0.5, 0.6) is 0 Å². The molecule has 0 bridgehead atoms. The van der Waals surface area contributed by atoms with Gasteiger partial charge in [-0.2, -0.15) is 5.26 Å². The van der Waals surface area contributed by atoms with Gasteiger partial charge in [-0.15, -0.1) is 5.10 Å². The maximum absolute atomic E-state index is 14.0. The highest BCUT2D eigenvalue weighted by atomic mass is 19.1. The third-order valence-corrected chi connectivity index (χ3v) is 2.64. The van der Waals surface area contributed by atoms with Crippen LogP contribution in [0.4, 0.5) is 4.39 Å². The highest BCUT2D eigenvalue weighted by molar-refractivity contribution is 5.83. The van der Waals surface area contributed by atoms with E-state index in [-0.39, 0.29) is 17.2 Å². The molecular formula is C13H11FN4O2. The van der Waals surface area contributed by atoms with Gasteiger partial charge in [-0.05, 0) is 18.2 Å². The lowest BCUT2D eigenvalue weighted by Gasteiger charge is -2.09. The SMILES string of the molecule is CC(C)c1nc(C(=O)O)nn1-c1ccc(C#N)cc1F. The molecule has 0 atom stereocenters. The monoisotopic (exact) mass is 274 g/mol. The fraction of sp³-hybridized carbons (Fsp3) is 0.231. The van der Waals surface area contributed by atoms with Crippen molar-refractivity contribution in [2.75, 3.05) is 0 Å². The van der Waals surface area contributed by atoms with Crippen molar-refractivity contribution < 1.29 is 14.3 Å². The van der Waals surface area contributed by atoms with E-state index >= 15 is 0 Å². The number of nitrogens with zero attached hydrogens (tertiary/aromatic N) is 4. The predicted octanol–water partition coefficient (Wildman–Crippen LogP) is 2.10. The van der Waals surface area contributed by atoms with Crippen LogP contribution in [0.15, 0.2) is 18.2 Å². The topological polar surface area (TPSA) is 91.8 Å². The number of hydrogen-bond acceptors (Lipinski definition) is 4. The first-order chi connectivity index (χ1) is 9.43. The number of carbonyl (C=O) groups is 1. The second-order valence-electron chi connectivity index (χ2n) is 4.44. The summed E-state index contributed by atoms with van der Waals surface area (Å²) >= 11 is 0. The number of benzene rings is 1. The lowest BCUT2D eigenvalue weighted by Crippen LogP contribution is -2.07. The Kier molecular flexibility index (Phi) is 3.48. The summed E-state index contributed by atoms with van der Waals surface area (Å²) < 4.78 is 15.1. The fourth-order valence-corrected chi connectivity index (χ4v) is 1.71. The summed E-state index contributed by atoms with van der Waals surface area (Å²) in [5, 5.41) is 21.4. The Bertz CT molecular complexity index is 716. The van der Waals surface area contributed by atoms with Gasteiger partial charge in [-0.3, -0.25) is 0 Å². The number of hydrogen-bond donors (Lipinski definition) is 1. The molecule has 1 heterocycles. The Balaban J connectivity index is 2.63. The molecule has 0 saturated heterocycles. The molecule has 1 aromatic carbocycles. The van der Waals surface area contributed by atoms with Crippen LogP contribution in [0.25, 0.3) is 5.69 Å². The van der Waals surface area contributed by atoms with Crippen molar-refractivity contribution in [2.24, 2.45) is 0 Å². The Morgan fingerprint density at radius 1 is 1.50 bits per heavy atom. The number of carboxylic acids is 1. The zero-order valence-electron chi connectivity index (χ0n) is 10.8. The molecule has 0 unspecified atom stereocenters. The van der Waals surface area contributed by atoms with E-state index in [1.54, 1.807) is 13.8 Å². The van der Waals surface area contributed by atoms with Gasteiger partial charge in [0, 0.05) is 5.92 Å². The van der Waals surface area contributed by atoms with Crippen LogP contribution in [0.2, 0.25) is 0 Å². The lowest BCUT2D eigenvalue weighted by atomic mass is 10.2. The number of aromatic nitrogens is 3. The summed E-state index contributed by atoms with van der Waals surface area (Å²) in [6.07, 6.45) is 0. The van der Waals surface area contributed by atoms with E-state index in [2.05, 4.69) is 10.1 Å². The highest BCUT2D eigenvalue weighted by Gasteiger charge is 2.20. The lowest BCUT2D eigenvalue weighted by molar-refractivity contribution is 0.0683. The number of aromatic carboxylic acids is 1. The van der Waals surface area contributed by atoms with Gasteiger partial charge < -0.3 is 5.11 Å². The highest BCUT2D eigenvalue weighted by Crippen LogP contribution is 2.20. The molecule has 0 aliphatic carbocycles. The van der Waals surface area contributed by atoms with E-state index in [0.717, 1.165) is 10.7 Å². The maximum atomic E-state index is 14.0. The van der Waals surface area contributed by atoms with Crippen molar-refractivity contribution in [2.45, 2.75) is 19.8 Å². The Labute approximate surface area is 114 Å². The molecular weight excluding hydrogens is 263 g/mol. The van der Waals surface area contributed by atoms with Crippen LogP contribution in [0.1, 0.15) is 41.8 Å². The molecule has 6 nitrogen and oxygen atoms in total. The maximum Gasteiger partial charge on any atom is 0.375 e. The van der Waals surface area contributed by atoms with E-state index in [1.807, 2.05) is 6.07 Å². The van der Waals surface area contributed by atoms with Crippen molar-refractivity contribution >= 4 is 5.97 Å². The Hall–Kier alpha value is -2.75. The minimum Gasteiger partial charge on any atom is -0.475 e. The summed E-state index contributed by atoms with van der Waals surface area (Å²) in [5.74, 6) is -2.12.